The van der Waals surface area contributed by atoms with Crippen LogP contribution in [0.15, 0.2) is 34.1 Å². The predicted octanol–water partition coefficient (Wildman–Crippen LogP) is 1.81. The number of benzene rings is 1. The summed E-state index contributed by atoms with van der Waals surface area (Å²) in [5.41, 5.74) is 0. The molecule has 0 unspecified atom stereocenters. The SMILES string of the molecule is C[C@@H]1[C@H](C)CCC[C@H]1NS(=O)(=O)c1ccc(S(=O)(=O)N2CCOCC2)cc1. The molecule has 0 radical (unpaired) electrons. The van der Waals surface area contributed by atoms with Gasteiger partial charge in [-0.05, 0) is 42.5 Å². The van der Waals surface area contributed by atoms with E-state index in [-0.39, 0.29) is 21.8 Å². The van der Waals surface area contributed by atoms with Crippen LogP contribution in [0.4, 0.5) is 0 Å². The number of nitrogens with one attached hydrogen (secondary N) is 1. The highest BCUT2D eigenvalue weighted by atomic mass is 32.2. The summed E-state index contributed by atoms with van der Waals surface area (Å²) in [5, 5.41) is 0. The van der Waals surface area contributed by atoms with Crippen molar-refractivity contribution < 1.29 is 21.6 Å². The van der Waals surface area contributed by atoms with Crippen LogP contribution in [0.3, 0.4) is 0 Å². The van der Waals surface area contributed by atoms with E-state index in [0.717, 1.165) is 19.3 Å². The quantitative estimate of drug-likeness (QED) is 0.790. The Bertz CT molecular complexity index is 846. The molecule has 1 aliphatic carbocycles. The molecule has 1 N–H and O–H groups in total. The zero-order valence-electron chi connectivity index (χ0n) is 15.8. The Morgan fingerprint density at radius 3 is 2.19 bits per heavy atom. The largest absolute Gasteiger partial charge is 0.379 e. The highest BCUT2D eigenvalue weighted by molar-refractivity contribution is 7.89. The van der Waals surface area contributed by atoms with Gasteiger partial charge in [-0.25, -0.2) is 21.6 Å². The average Bonchev–Trinajstić information content (AvgIpc) is 2.66. The van der Waals surface area contributed by atoms with E-state index in [1.165, 1.54) is 28.6 Å². The van der Waals surface area contributed by atoms with Gasteiger partial charge in [-0.2, -0.15) is 4.31 Å². The first-order chi connectivity index (χ1) is 12.7. The molecule has 0 aromatic heterocycles. The van der Waals surface area contributed by atoms with Gasteiger partial charge in [-0.15, -0.1) is 0 Å². The third-order valence-corrected chi connectivity index (χ3v) is 9.17. The van der Waals surface area contributed by atoms with Crippen LogP contribution in [0.1, 0.15) is 33.1 Å². The second-order valence-corrected chi connectivity index (χ2v) is 11.1. The number of rotatable bonds is 5. The van der Waals surface area contributed by atoms with Gasteiger partial charge in [0.05, 0.1) is 23.0 Å². The van der Waals surface area contributed by atoms with Gasteiger partial charge in [0.15, 0.2) is 0 Å². The molecule has 3 rings (SSSR count). The van der Waals surface area contributed by atoms with Gasteiger partial charge in [0, 0.05) is 19.1 Å². The first kappa shape index (κ1) is 20.7. The molecule has 7 nitrogen and oxygen atoms in total. The van der Waals surface area contributed by atoms with Crippen molar-refractivity contribution in [2.45, 2.75) is 48.9 Å². The highest BCUT2D eigenvalue weighted by Gasteiger charge is 2.31. The summed E-state index contributed by atoms with van der Waals surface area (Å²) < 4.78 is 60.1. The summed E-state index contributed by atoms with van der Waals surface area (Å²) in [5.74, 6) is 0.752. The Morgan fingerprint density at radius 2 is 1.56 bits per heavy atom. The Kier molecular flexibility index (Phi) is 6.27. The molecule has 1 saturated carbocycles. The first-order valence-corrected chi connectivity index (χ1v) is 12.3. The van der Waals surface area contributed by atoms with Crippen molar-refractivity contribution in [3.63, 3.8) is 0 Å². The van der Waals surface area contributed by atoms with E-state index in [0.29, 0.717) is 32.2 Å². The van der Waals surface area contributed by atoms with Gasteiger partial charge in [-0.1, -0.05) is 26.7 Å². The minimum Gasteiger partial charge on any atom is -0.379 e. The van der Waals surface area contributed by atoms with Crippen LogP contribution in [-0.4, -0.2) is 53.5 Å². The third kappa shape index (κ3) is 4.54. The van der Waals surface area contributed by atoms with Crippen LogP contribution in [0.25, 0.3) is 0 Å². The van der Waals surface area contributed by atoms with Gasteiger partial charge in [-0.3, -0.25) is 0 Å². The molecule has 1 heterocycles. The van der Waals surface area contributed by atoms with E-state index in [2.05, 4.69) is 18.6 Å². The summed E-state index contributed by atoms with van der Waals surface area (Å²) in [7, 11) is -7.31. The number of morpholine rings is 1. The lowest BCUT2D eigenvalue weighted by molar-refractivity contribution is 0.0730. The van der Waals surface area contributed by atoms with E-state index in [1.54, 1.807) is 0 Å². The smallest absolute Gasteiger partial charge is 0.243 e. The summed E-state index contributed by atoms with van der Waals surface area (Å²) in [6.45, 7) is 5.58. The molecule has 27 heavy (non-hydrogen) atoms. The number of ether oxygens (including phenoxy) is 1. The van der Waals surface area contributed by atoms with E-state index in [1.807, 2.05) is 0 Å². The first-order valence-electron chi connectivity index (χ1n) is 9.42. The Balaban J connectivity index is 1.76. The molecule has 0 amide bonds. The summed E-state index contributed by atoms with van der Waals surface area (Å²) in [4.78, 5) is 0.192. The fraction of sp³-hybridized carbons (Fsp3) is 0.667. The van der Waals surface area contributed by atoms with Gasteiger partial charge < -0.3 is 4.74 Å². The highest BCUT2D eigenvalue weighted by Crippen LogP contribution is 2.30. The molecule has 1 aromatic carbocycles. The number of hydrogen-bond acceptors (Lipinski definition) is 5. The van der Waals surface area contributed by atoms with Crippen molar-refractivity contribution in [3.8, 4) is 0 Å². The lowest BCUT2D eigenvalue weighted by Gasteiger charge is -2.34. The molecular formula is C18H28N2O5S2. The minimum absolute atomic E-state index is 0.0875. The zero-order chi connectivity index (χ0) is 19.7. The maximum atomic E-state index is 12.7. The molecule has 152 valence electrons. The number of sulfonamides is 2. The third-order valence-electron chi connectivity index (χ3n) is 5.76. The Morgan fingerprint density at radius 1 is 0.963 bits per heavy atom. The molecule has 1 aliphatic heterocycles. The molecule has 2 aliphatic rings. The van der Waals surface area contributed by atoms with Crippen molar-refractivity contribution in [1.82, 2.24) is 9.03 Å². The molecule has 3 atom stereocenters. The van der Waals surface area contributed by atoms with Gasteiger partial charge in [0.25, 0.3) is 0 Å². The van der Waals surface area contributed by atoms with Gasteiger partial charge in [0.1, 0.15) is 0 Å². The summed E-state index contributed by atoms with van der Waals surface area (Å²) >= 11 is 0. The van der Waals surface area contributed by atoms with E-state index in [4.69, 9.17) is 4.74 Å². The van der Waals surface area contributed by atoms with Crippen LogP contribution >= 0.6 is 0 Å². The monoisotopic (exact) mass is 416 g/mol. The molecule has 1 aromatic rings. The van der Waals surface area contributed by atoms with E-state index < -0.39 is 20.0 Å². The van der Waals surface area contributed by atoms with Crippen molar-refractivity contribution in [1.29, 1.82) is 0 Å². The predicted molar refractivity (Wildman–Crippen MR) is 102 cm³/mol. The van der Waals surface area contributed by atoms with E-state index >= 15 is 0 Å². The molecule has 0 bridgehead atoms. The standard InChI is InChI=1S/C18H28N2O5S2/c1-14-4-3-5-18(15(14)2)19-26(21,22)16-6-8-17(9-7-16)27(23,24)20-10-12-25-13-11-20/h6-9,14-15,18-19H,3-5,10-13H2,1-2H3/t14-,15-,18-/m1/s1. The molecule has 9 heteroatoms. The average molecular weight is 417 g/mol. The van der Waals surface area contributed by atoms with Crippen molar-refractivity contribution >= 4 is 20.0 Å². The van der Waals surface area contributed by atoms with Crippen molar-refractivity contribution in [3.05, 3.63) is 24.3 Å². The van der Waals surface area contributed by atoms with Crippen LogP contribution in [-0.2, 0) is 24.8 Å². The normalized spacial score (nSPS) is 28.1. The molecule has 0 spiro atoms. The number of nitrogens with zero attached hydrogens (tertiary/aromatic N) is 1. The minimum atomic E-state index is -3.68. The Labute approximate surface area is 162 Å². The second-order valence-electron chi connectivity index (χ2n) is 7.48. The van der Waals surface area contributed by atoms with Crippen molar-refractivity contribution in [2.75, 3.05) is 26.3 Å². The lowest BCUT2D eigenvalue weighted by atomic mass is 9.78. The van der Waals surface area contributed by atoms with E-state index in [9.17, 15) is 16.8 Å². The summed E-state index contributed by atoms with van der Waals surface area (Å²) in [6.07, 6.45) is 2.96. The van der Waals surface area contributed by atoms with Crippen LogP contribution in [0.5, 0.6) is 0 Å². The maximum Gasteiger partial charge on any atom is 0.243 e. The van der Waals surface area contributed by atoms with Gasteiger partial charge in [0.2, 0.25) is 20.0 Å². The van der Waals surface area contributed by atoms with Gasteiger partial charge >= 0.3 is 0 Å². The Hall–Kier alpha value is -1.00. The second kappa shape index (κ2) is 8.16. The lowest BCUT2D eigenvalue weighted by Crippen LogP contribution is -2.43. The van der Waals surface area contributed by atoms with Crippen LogP contribution in [0.2, 0.25) is 0 Å². The maximum absolute atomic E-state index is 12.7. The fourth-order valence-corrected chi connectivity index (χ4v) is 6.51. The van der Waals surface area contributed by atoms with Crippen LogP contribution < -0.4 is 4.72 Å². The molecular weight excluding hydrogens is 388 g/mol. The molecule has 1 saturated heterocycles. The zero-order valence-corrected chi connectivity index (χ0v) is 17.4. The summed E-state index contributed by atoms with van der Waals surface area (Å²) in [6, 6.07) is 5.38. The van der Waals surface area contributed by atoms with Crippen LogP contribution in [0, 0.1) is 11.8 Å². The fourth-order valence-electron chi connectivity index (χ4n) is 3.74. The molecule has 2 fully saturated rings. The topological polar surface area (TPSA) is 92.8 Å². The van der Waals surface area contributed by atoms with Crippen molar-refractivity contribution in [2.24, 2.45) is 11.8 Å². The number of hydrogen-bond donors (Lipinski definition) is 1.